The van der Waals surface area contributed by atoms with E-state index in [4.69, 9.17) is 29.9 Å². The van der Waals surface area contributed by atoms with E-state index in [9.17, 15) is 5.26 Å². The lowest BCUT2D eigenvalue weighted by atomic mass is 9.89. The zero-order chi connectivity index (χ0) is 41.7. The van der Waals surface area contributed by atoms with Gasteiger partial charge in [-0.1, -0.05) is 200 Å². The minimum absolute atomic E-state index is 0.507. The van der Waals surface area contributed by atoms with E-state index in [0.717, 1.165) is 66.8 Å². The maximum absolute atomic E-state index is 9.58. The van der Waals surface area contributed by atoms with Crippen LogP contribution >= 0.6 is 0 Å². The first-order valence-electron chi connectivity index (χ1n) is 20.3. The average Bonchev–Trinajstić information content (AvgIpc) is 3.37. The van der Waals surface area contributed by atoms with Gasteiger partial charge in [0.15, 0.2) is 34.9 Å². The molecule has 8 aromatic carbocycles. The molecule has 0 radical (unpaired) electrons. The maximum atomic E-state index is 9.58. The number of benzene rings is 8. The fourth-order valence-electron chi connectivity index (χ4n) is 7.55. The lowest BCUT2D eigenvalue weighted by molar-refractivity contribution is 1.07. The highest BCUT2D eigenvalue weighted by molar-refractivity contribution is 5.92. The molecule has 7 nitrogen and oxygen atoms in total. The van der Waals surface area contributed by atoms with Crippen molar-refractivity contribution in [1.82, 2.24) is 29.9 Å². The monoisotopic (exact) mass is 793 g/mol. The molecule has 7 heteroatoms. The third kappa shape index (κ3) is 7.75. The van der Waals surface area contributed by atoms with Crippen LogP contribution in [0.25, 0.3) is 102 Å². The molecule has 2 heterocycles. The van der Waals surface area contributed by atoms with Gasteiger partial charge in [-0.05, 0) is 45.5 Å². The summed E-state index contributed by atoms with van der Waals surface area (Å²) in [5.74, 6) is 3.50. The van der Waals surface area contributed by atoms with Crippen molar-refractivity contribution in [2.24, 2.45) is 0 Å². The number of nitrogens with zero attached hydrogens (tertiary/aromatic N) is 7. The summed E-state index contributed by atoms with van der Waals surface area (Å²) in [6.45, 7) is 0. The molecule has 0 spiro atoms. The van der Waals surface area contributed by atoms with Gasteiger partial charge in [0.1, 0.15) is 0 Å². The molecule has 0 aliphatic rings. The standard InChI is InChI=1S/C55H35N7/c56-36-37-15-14-22-45(35-37)55-61-52(42-20-8-3-9-21-42)60-54(62-55)44-33-29-39(30-34-44)47-24-11-13-26-49(47)48-25-12-10-23-46(48)38-27-31-43(32-28-38)53-58-50(40-16-4-1-5-17-40)57-51(59-53)41-18-6-2-7-19-41/h1-35H. The highest BCUT2D eigenvalue weighted by Crippen LogP contribution is 2.39. The van der Waals surface area contributed by atoms with Gasteiger partial charge in [-0.3, -0.25) is 0 Å². The van der Waals surface area contributed by atoms with Crippen molar-refractivity contribution in [2.45, 2.75) is 0 Å². The van der Waals surface area contributed by atoms with Crippen LogP contribution in [-0.2, 0) is 0 Å². The maximum Gasteiger partial charge on any atom is 0.164 e. The fourth-order valence-corrected chi connectivity index (χ4v) is 7.55. The predicted octanol–water partition coefficient (Wildman–Crippen LogP) is 12.9. The molecule has 0 bridgehead atoms. The van der Waals surface area contributed by atoms with E-state index in [-0.39, 0.29) is 0 Å². The van der Waals surface area contributed by atoms with Gasteiger partial charge in [0.25, 0.3) is 0 Å². The Hall–Kier alpha value is -8.73. The van der Waals surface area contributed by atoms with E-state index < -0.39 is 0 Å². The van der Waals surface area contributed by atoms with E-state index >= 15 is 0 Å². The van der Waals surface area contributed by atoms with Gasteiger partial charge < -0.3 is 0 Å². The zero-order valence-corrected chi connectivity index (χ0v) is 33.3. The molecule has 10 aromatic rings. The summed E-state index contributed by atoms with van der Waals surface area (Å²) in [4.78, 5) is 29.4. The van der Waals surface area contributed by atoms with Crippen molar-refractivity contribution in [3.8, 4) is 108 Å². The van der Waals surface area contributed by atoms with Crippen molar-refractivity contribution in [3.05, 3.63) is 218 Å². The Bertz CT molecular complexity index is 3160. The lowest BCUT2D eigenvalue weighted by Crippen LogP contribution is -2.00. The third-order valence-corrected chi connectivity index (χ3v) is 10.7. The topological polar surface area (TPSA) is 101 Å². The smallest absolute Gasteiger partial charge is 0.164 e. The Morgan fingerprint density at radius 2 is 0.516 bits per heavy atom. The number of hydrogen-bond acceptors (Lipinski definition) is 7. The van der Waals surface area contributed by atoms with Crippen LogP contribution in [-0.4, -0.2) is 29.9 Å². The largest absolute Gasteiger partial charge is 0.208 e. The molecule has 0 saturated carbocycles. The Balaban J connectivity index is 0.987. The number of nitriles is 1. The molecule has 0 saturated heterocycles. The molecule has 0 fully saturated rings. The molecule has 0 unspecified atom stereocenters. The Labute approximate surface area is 359 Å². The highest BCUT2D eigenvalue weighted by atomic mass is 15.0. The first-order valence-corrected chi connectivity index (χ1v) is 20.3. The Kier molecular flexibility index (Phi) is 10.2. The van der Waals surface area contributed by atoms with E-state index in [1.807, 2.05) is 103 Å². The molecule has 0 N–H and O–H groups in total. The van der Waals surface area contributed by atoms with E-state index in [1.165, 1.54) is 0 Å². The van der Waals surface area contributed by atoms with Crippen molar-refractivity contribution < 1.29 is 0 Å². The van der Waals surface area contributed by atoms with Gasteiger partial charge in [-0.2, -0.15) is 5.26 Å². The van der Waals surface area contributed by atoms with Crippen LogP contribution in [0.4, 0.5) is 0 Å². The molecule has 0 aliphatic heterocycles. The van der Waals surface area contributed by atoms with Gasteiger partial charge in [0.2, 0.25) is 0 Å². The molecule has 62 heavy (non-hydrogen) atoms. The van der Waals surface area contributed by atoms with Gasteiger partial charge in [-0.25, -0.2) is 29.9 Å². The van der Waals surface area contributed by atoms with Crippen LogP contribution in [0.1, 0.15) is 5.56 Å². The Morgan fingerprint density at radius 1 is 0.242 bits per heavy atom. The summed E-state index contributed by atoms with van der Waals surface area (Å²) in [5, 5.41) is 9.58. The van der Waals surface area contributed by atoms with Gasteiger partial charge in [-0.15, -0.1) is 0 Å². The molecule has 0 amide bonds. The van der Waals surface area contributed by atoms with Gasteiger partial charge in [0.05, 0.1) is 11.6 Å². The quantitative estimate of drug-likeness (QED) is 0.143. The van der Waals surface area contributed by atoms with Crippen LogP contribution < -0.4 is 0 Å². The van der Waals surface area contributed by atoms with Crippen LogP contribution in [0, 0.1) is 11.3 Å². The van der Waals surface area contributed by atoms with Crippen molar-refractivity contribution in [3.63, 3.8) is 0 Å². The second kappa shape index (κ2) is 16.9. The first kappa shape index (κ1) is 37.5. The summed E-state index contributed by atoms with van der Waals surface area (Å²) >= 11 is 0. The SMILES string of the molecule is N#Cc1cccc(-c2nc(-c3ccccc3)nc(-c3ccc(-c4ccccc4-c4ccccc4-c4ccc(-c5nc(-c6ccccc6)nc(-c6ccccc6)n5)cc4)cc3)n2)c1. The summed E-state index contributed by atoms with van der Waals surface area (Å²) in [7, 11) is 0. The van der Waals surface area contributed by atoms with Gasteiger partial charge in [0, 0.05) is 33.4 Å². The second-order valence-corrected chi connectivity index (χ2v) is 14.6. The molecule has 2 aromatic heterocycles. The van der Waals surface area contributed by atoms with Crippen molar-refractivity contribution in [2.75, 3.05) is 0 Å². The lowest BCUT2D eigenvalue weighted by Gasteiger charge is -2.15. The fraction of sp³-hybridized carbons (Fsp3) is 0. The van der Waals surface area contributed by atoms with Crippen molar-refractivity contribution in [1.29, 1.82) is 5.26 Å². The molecular weight excluding hydrogens is 759 g/mol. The average molecular weight is 794 g/mol. The molecule has 0 aliphatic carbocycles. The normalized spacial score (nSPS) is 10.9. The van der Waals surface area contributed by atoms with E-state index in [1.54, 1.807) is 12.1 Å². The molecule has 10 rings (SSSR count). The van der Waals surface area contributed by atoms with E-state index in [2.05, 4.69) is 103 Å². The minimum atomic E-state index is 0.507. The van der Waals surface area contributed by atoms with Crippen LogP contribution in [0.3, 0.4) is 0 Å². The minimum Gasteiger partial charge on any atom is -0.208 e. The van der Waals surface area contributed by atoms with Gasteiger partial charge >= 0.3 is 0 Å². The summed E-state index contributed by atoms with van der Waals surface area (Å²) in [5.41, 5.74) is 12.4. The Morgan fingerprint density at radius 3 is 0.871 bits per heavy atom. The summed E-state index contributed by atoms with van der Waals surface area (Å²) < 4.78 is 0. The second-order valence-electron chi connectivity index (χ2n) is 14.6. The van der Waals surface area contributed by atoms with Crippen LogP contribution in [0.5, 0.6) is 0 Å². The van der Waals surface area contributed by atoms with Crippen LogP contribution in [0.2, 0.25) is 0 Å². The number of hydrogen-bond donors (Lipinski definition) is 0. The van der Waals surface area contributed by atoms with Crippen molar-refractivity contribution >= 4 is 0 Å². The summed E-state index contributed by atoms with van der Waals surface area (Å²) in [6, 6.07) is 73.3. The molecular formula is C55H35N7. The zero-order valence-electron chi connectivity index (χ0n) is 33.3. The van der Waals surface area contributed by atoms with E-state index in [0.29, 0.717) is 40.5 Å². The van der Waals surface area contributed by atoms with Crippen LogP contribution in [0.15, 0.2) is 212 Å². The highest BCUT2D eigenvalue weighted by Gasteiger charge is 2.17. The first-order chi connectivity index (χ1) is 30.7. The predicted molar refractivity (Wildman–Crippen MR) is 247 cm³/mol. The number of rotatable bonds is 9. The number of aromatic nitrogens is 6. The molecule has 290 valence electrons. The third-order valence-electron chi connectivity index (χ3n) is 10.7. The summed E-state index contributed by atoms with van der Waals surface area (Å²) in [6.07, 6.45) is 0. The molecule has 0 atom stereocenters.